The van der Waals surface area contributed by atoms with Crippen molar-refractivity contribution >= 4 is 5.82 Å². The zero-order chi connectivity index (χ0) is 20.9. The van der Waals surface area contributed by atoms with Gasteiger partial charge in [0.25, 0.3) is 0 Å². The van der Waals surface area contributed by atoms with E-state index in [0.29, 0.717) is 0 Å². The maximum Gasteiger partial charge on any atom is 0.180 e. The molecule has 4 rings (SSSR count). The highest BCUT2D eigenvalue weighted by Crippen LogP contribution is 2.30. The fraction of sp³-hybridized carbons (Fsp3) is 0.375. The summed E-state index contributed by atoms with van der Waals surface area (Å²) < 4.78 is 5.28. The van der Waals surface area contributed by atoms with Crippen LogP contribution in [0.5, 0.6) is 5.75 Å². The van der Waals surface area contributed by atoms with Gasteiger partial charge in [0.1, 0.15) is 17.3 Å². The topological polar surface area (TPSA) is 54.4 Å². The van der Waals surface area contributed by atoms with Crippen molar-refractivity contribution in [1.82, 2.24) is 19.9 Å². The summed E-state index contributed by atoms with van der Waals surface area (Å²) >= 11 is 0. The van der Waals surface area contributed by atoms with Crippen molar-refractivity contribution in [2.75, 3.05) is 31.6 Å². The van der Waals surface area contributed by atoms with Gasteiger partial charge in [0, 0.05) is 50.9 Å². The molecule has 0 spiro atoms. The molecule has 1 aromatic carbocycles. The number of hydrogen-bond acceptors (Lipinski definition) is 6. The first-order valence-corrected chi connectivity index (χ1v) is 10.6. The monoisotopic (exact) mass is 403 g/mol. The molecule has 0 saturated heterocycles. The van der Waals surface area contributed by atoms with Crippen molar-refractivity contribution in [2.24, 2.45) is 0 Å². The number of nitrogens with zero attached hydrogens (tertiary/aromatic N) is 5. The Labute approximate surface area is 178 Å². The second-order valence-electron chi connectivity index (χ2n) is 7.49. The molecule has 3 aromatic rings. The number of fused-ring (bicyclic) bond motifs is 1. The Balaban J connectivity index is 1.64. The number of aromatic nitrogens is 3. The largest absolute Gasteiger partial charge is 0.497 e. The number of anilines is 1. The number of benzene rings is 1. The lowest BCUT2D eigenvalue weighted by Crippen LogP contribution is -2.34. The number of pyridine rings is 1. The third kappa shape index (κ3) is 4.28. The highest BCUT2D eigenvalue weighted by atomic mass is 16.5. The van der Waals surface area contributed by atoms with E-state index in [1.807, 2.05) is 30.3 Å². The van der Waals surface area contributed by atoms with Crippen LogP contribution in [0, 0.1) is 0 Å². The Bertz CT molecular complexity index is 971. The number of methoxy groups -OCH3 is 1. The van der Waals surface area contributed by atoms with Crippen LogP contribution in [0.25, 0.3) is 11.5 Å². The SMILES string of the molecule is CCN(CC)c1nc(-c2ccccn2)nc2c1CN(Cc1ccc(OC)cc1)CC2. The minimum absolute atomic E-state index is 0.722. The highest BCUT2D eigenvalue weighted by molar-refractivity contribution is 5.58. The molecule has 0 fully saturated rings. The molecule has 0 bridgehead atoms. The standard InChI is InChI=1S/C24H29N5O/c1-4-29(5-2)24-20-17-28(16-18-9-11-19(30-3)12-10-18)15-13-21(20)26-23(27-24)22-8-6-7-14-25-22/h6-12,14H,4-5,13,15-17H2,1-3H3. The van der Waals surface area contributed by atoms with Gasteiger partial charge in [0.05, 0.1) is 12.8 Å². The molecule has 0 amide bonds. The Morgan fingerprint density at radius 3 is 2.50 bits per heavy atom. The van der Waals surface area contributed by atoms with Gasteiger partial charge in [0.15, 0.2) is 5.82 Å². The van der Waals surface area contributed by atoms with Gasteiger partial charge in [-0.2, -0.15) is 0 Å². The molecule has 3 heterocycles. The first kappa shape index (κ1) is 20.3. The number of ether oxygens (including phenoxy) is 1. The van der Waals surface area contributed by atoms with Gasteiger partial charge < -0.3 is 9.64 Å². The van der Waals surface area contributed by atoms with Crippen LogP contribution in [0.4, 0.5) is 5.82 Å². The minimum atomic E-state index is 0.722. The van der Waals surface area contributed by atoms with Crippen LogP contribution in [0.15, 0.2) is 48.7 Å². The molecular weight excluding hydrogens is 374 g/mol. The van der Waals surface area contributed by atoms with Crippen LogP contribution in [0.1, 0.15) is 30.7 Å². The molecule has 0 atom stereocenters. The van der Waals surface area contributed by atoms with E-state index in [4.69, 9.17) is 14.7 Å². The van der Waals surface area contributed by atoms with Crippen LogP contribution in [0.3, 0.4) is 0 Å². The molecule has 6 heteroatoms. The fourth-order valence-electron chi connectivity index (χ4n) is 3.97. The van der Waals surface area contributed by atoms with Crippen molar-refractivity contribution in [1.29, 1.82) is 0 Å². The summed E-state index contributed by atoms with van der Waals surface area (Å²) in [6, 6.07) is 14.2. The first-order valence-electron chi connectivity index (χ1n) is 10.6. The third-order valence-corrected chi connectivity index (χ3v) is 5.64. The van der Waals surface area contributed by atoms with E-state index in [1.54, 1.807) is 13.3 Å². The molecule has 1 aliphatic rings. The highest BCUT2D eigenvalue weighted by Gasteiger charge is 2.25. The summed E-state index contributed by atoms with van der Waals surface area (Å²) in [5, 5.41) is 0. The molecule has 6 nitrogen and oxygen atoms in total. The lowest BCUT2D eigenvalue weighted by molar-refractivity contribution is 0.243. The molecule has 1 aliphatic heterocycles. The van der Waals surface area contributed by atoms with Crippen LogP contribution in [-0.2, 0) is 19.5 Å². The Kier molecular flexibility index (Phi) is 6.23. The third-order valence-electron chi connectivity index (χ3n) is 5.64. The molecule has 0 radical (unpaired) electrons. The summed E-state index contributed by atoms with van der Waals surface area (Å²) in [5.74, 6) is 2.66. The van der Waals surface area contributed by atoms with Crippen molar-refractivity contribution in [2.45, 2.75) is 33.4 Å². The van der Waals surface area contributed by atoms with Gasteiger partial charge in [0.2, 0.25) is 0 Å². The summed E-state index contributed by atoms with van der Waals surface area (Å²) in [6.07, 6.45) is 2.72. The quantitative estimate of drug-likeness (QED) is 0.595. The molecule has 0 unspecified atom stereocenters. The smallest absolute Gasteiger partial charge is 0.180 e. The molecule has 30 heavy (non-hydrogen) atoms. The fourth-order valence-corrected chi connectivity index (χ4v) is 3.97. The lowest BCUT2D eigenvalue weighted by Gasteiger charge is -2.32. The molecule has 2 aromatic heterocycles. The molecule has 0 saturated carbocycles. The lowest BCUT2D eigenvalue weighted by atomic mass is 10.0. The van der Waals surface area contributed by atoms with Crippen molar-refractivity contribution in [3.05, 3.63) is 65.5 Å². The van der Waals surface area contributed by atoms with E-state index in [-0.39, 0.29) is 0 Å². The Morgan fingerprint density at radius 2 is 1.83 bits per heavy atom. The summed E-state index contributed by atoms with van der Waals surface area (Å²) in [7, 11) is 1.70. The van der Waals surface area contributed by atoms with Crippen molar-refractivity contribution in [3.8, 4) is 17.3 Å². The zero-order valence-electron chi connectivity index (χ0n) is 18.0. The zero-order valence-corrected chi connectivity index (χ0v) is 18.0. The van der Waals surface area contributed by atoms with Gasteiger partial charge in [-0.1, -0.05) is 18.2 Å². The van der Waals surface area contributed by atoms with Crippen LogP contribution >= 0.6 is 0 Å². The number of rotatable bonds is 7. The second kappa shape index (κ2) is 9.22. The minimum Gasteiger partial charge on any atom is -0.497 e. The molecule has 0 aliphatic carbocycles. The van der Waals surface area contributed by atoms with E-state index in [9.17, 15) is 0 Å². The average molecular weight is 404 g/mol. The molecular formula is C24H29N5O. The van der Waals surface area contributed by atoms with E-state index in [1.165, 1.54) is 11.1 Å². The van der Waals surface area contributed by atoms with Gasteiger partial charge >= 0.3 is 0 Å². The predicted molar refractivity (Wildman–Crippen MR) is 120 cm³/mol. The van der Waals surface area contributed by atoms with Crippen LogP contribution < -0.4 is 9.64 Å². The first-order chi connectivity index (χ1) is 14.7. The van der Waals surface area contributed by atoms with Crippen molar-refractivity contribution in [3.63, 3.8) is 0 Å². The van der Waals surface area contributed by atoms with E-state index < -0.39 is 0 Å². The van der Waals surface area contributed by atoms with Crippen LogP contribution in [-0.4, -0.2) is 46.6 Å². The Hall–Kier alpha value is -2.99. The summed E-state index contributed by atoms with van der Waals surface area (Å²) in [6.45, 7) is 8.93. The van der Waals surface area contributed by atoms with Gasteiger partial charge in [-0.15, -0.1) is 0 Å². The van der Waals surface area contributed by atoms with Crippen molar-refractivity contribution < 1.29 is 4.74 Å². The van der Waals surface area contributed by atoms with Gasteiger partial charge in [-0.3, -0.25) is 9.88 Å². The summed E-state index contributed by atoms with van der Waals surface area (Å²) in [4.78, 5) is 19.2. The Morgan fingerprint density at radius 1 is 1.03 bits per heavy atom. The van der Waals surface area contributed by atoms with E-state index in [2.05, 4.69) is 40.8 Å². The van der Waals surface area contributed by atoms with E-state index >= 15 is 0 Å². The van der Waals surface area contributed by atoms with Gasteiger partial charge in [-0.25, -0.2) is 9.97 Å². The average Bonchev–Trinajstić information content (AvgIpc) is 2.81. The van der Waals surface area contributed by atoms with Crippen LogP contribution in [0.2, 0.25) is 0 Å². The number of hydrogen-bond donors (Lipinski definition) is 0. The maximum atomic E-state index is 5.28. The normalized spacial score (nSPS) is 13.7. The summed E-state index contributed by atoms with van der Waals surface area (Å²) in [5.41, 5.74) is 4.51. The predicted octanol–water partition coefficient (Wildman–Crippen LogP) is 3.95. The second-order valence-corrected chi connectivity index (χ2v) is 7.49. The molecule has 156 valence electrons. The van der Waals surface area contributed by atoms with E-state index in [0.717, 1.165) is 67.9 Å². The maximum absolute atomic E-state index is 5.28. The van der Waals surface area contributed by atoms with Gasteiger partial charge in [-0.05, 0) is 43.7 Å². The molecule has 0 N–H and O–H groups in total.